The molecule has 62 heavy (non-hydrogen) atoms. The van der Waals surface area contributed by atoms with Crippen LogP contribution >= 0.6 is 11.3 Å². The molecule has 316 valence electrons. The number of hydrogen-bond acceptors (Lipinski definition) is 3. The van der Waals surface area contributed by atoms with E-state index in [1.165, 1.54) is 122 Å². The molecule has 0 atom stereocenters. The van der Waals surface area contributed by atoms with Gasteiger partial charge < -0.3 is 9.80 Å². The van der Waals surface area contributed by atoms with Crippen LogP contribution in [0.3, 0.4) is 0 Å². The van der Waals surface area contributed by atoms with Gasteiger partial charge in [0.1, 0.15) is 0 Å². The SMILES string of the molecule is Cc1cc(C(C)(C)C)ccc1N1c2cc3c(cc2B2c4ccc5sc6ccc(C(C)(C)C)cc6c5c4N(c4ccccc4C)c4cc(C(C)(C)C)cc1c42)C(C)(C)CCC3(C)C. The van der Waals surface area contributed by atoms with E-state index in [0.717, 1.165) is 0 Å². The highest BCUT2D eigenvalue weighted by atomic mass is 32.1. The fourth-order valence-corrected chi connectivity index (χ4v) is 12.1. The van der Waals surface area contributed by atoms with Crippen molar-refractivity contribution in [2.24, 2.45) is 0 Å². The zero-order valence-electron chi connectivity index (χ0n) is 40.0. The zero-order chi connectivity index (χ0) is 44.2. The van der Waals surface area contributed by atoms with Gasteiger partial charge in [-0.25, -0.2) is 0 Å². The number of hydrogen-bond donors (Lipinski definition) is 0. The Balaban J connectivity index is 1.41. The topological polar surface area (TPSA) is 6.48 Å². The highest BCUT2D eigenvalue weighted by Crippen LogP contribution is 2.53. The summed E-state index contributed by atoms with van der Waals surface area (Å²) in [5.74, 6) is 0. The Morgan fingerprint density at radius 1 is 0.500 bits per heavy atom. The third-order valence-electron chi connectivity index (χ3n) is 15.0. The molecule has 0 N–H and O–H groups in total. The van der Waals surface area contributed by atoms with Gasteiger partial charge >= 0.3 is 0 Å². The summed E-state index contributed by atoms with van der Waals surface area (Å²) in [6.07, 6.45) is 2.36. The Hall–Kier alpha value is -4.80. The molecule has 2 nitrogen and oxygen atoms in total. The molecule has 6 aromatic carbocycles. The van der Waals surface area contributed by atoms with Crippen LogP contribution < -0.4 is 26.2 Å². The molecule has 0 spiro atoms. The van der Waals surface area contributed by atoms with Crippen molar-refractivity contribution >= 4 is 88.7 Å². The van der Waals surface area contributed by atoms with Gasteiger partial charge in [-0.3, -0.25) is 0 Å². The predicted octanol–water partition coefficient (Wildman–Crippen LogP) is 15.0. The van der Waals surface area contributed by atoms with E-state index in [2.05, 4.69) is 211 Å². The van der Waals surface area contributed by atoms with E-state index >= 15 is 0 Å². The lowest BCUT2D eigenvalue weighted by molar-refractivity contribution is 0.332. The maximum Gasteiger partial charge on any atom is 0.252 e. The minimum atomic E-state index is -0.0969. The highest BCUT2D eigenvalue weighted by Gasteiger charge is 2.48. The van der Waals surface area contributed by atoms with E-state index in [4.69, 9.17) is 0 Å². The molecular weight excluding hydrogens is 768 g/mol. The number of nitrogens with zero attached hydrogens (tertiary/aromatic N) is 2. The number of benzene rings is 6. The summed E-state index contributed by atoms with van der Waals surface area (Å²) in [7, 11) is 0. The summed E-state index contributed by atoms with van der Waals surface area (Å²) < 4.78 is 2.70. The van der Waals surface area contributed by atoms with Gasteiger partial charge in [0, 0.05) is 48.6 Å². The molecule has 0 saturated carbocycles. The second-order valence-electron chi connectivity index (χ2n) is 23.5. The van der Waals surface area contributed by atoms with Gasteiger partial charge in [-0.05, 0) is 158 Å². The Morgan fingerprint density at radius 3 is 1.69 bits per heavy atom. The quantitative estimate of drug-likeness (QED) is 0.160. The summed E-state index contributed by atoms with van der Waals surface area (Å²) >= 11 is 1.94. The zero-order valence-corrected chi connectivity index (χ0v) is 40.8. The van der Waals surface area contributed by atoms with E-state index in [0.29, 0.717) is 0 Å². The van der Waals surface area contributed by atoms with Crippen molar-refractivity contribution in [1.29, 1.82) is 0 Å². The van der Waals surface area contributed by atoms with Gasteiger partial charge in [-0.1, -0.05) is 139 Å². The lowest BCUT2D eigenvalue weighted by Crippen LogP contribution is -2.62. The summed E-state index contributed by atoms with van der Waals surface area (Å²) in [5, 5.41) is 2.74. The van der Waals surface area contributed by atoms with Crippen LogP contribution in [0.25, 0.3) is 20.2 Å². The van der Waals surface area contributed by atoms with Crippen LogP contribution in [-0.4, -0.2) is 6.71 Å². The molecule has 0 fully saturated rings. The van der Waals surface area contributed by atoms with Gasteiger partial charge in [0.25, 0.3) is 6.71 Å². The Kier molecular flexibility index (Phi) is 8.89. The third-order valence-corrected chi connectivity index (χ3v) is 16.2. The fourth-order valence-electron chi connectivity index (χ4n) is 11.0. The van der Waals surface area contributed by atoms with E-state index in [9.17, 15) is 0 Å². The fraction of sp³-hybridized carbons (Fsp3) is 0.379. The van der Waals surface area contributed by atoms with Crippen molar-refractivity contribution in [3.05, 3.63) is 136 Å². The van der Waals surface area contributed by atoms with Crippen LogP contribution in [0.15, 0.2) is 97.1 Å². The number of fused-ring (bicyclic) bond motifs is 9. The molecule has 0 amide bonds. The molecule has 7 aromatic rings. The van der Waals surface area contributed by atoms with Crippen LogP contribution in [0.5, 0.6) is 0 Å². The van der Waals surface area contributed by atoms with E-state index in [1.807, 2.05) is 11.3 Å². The summed E-state index contributed by atoms with van der Waals surface area (Å²) in [4.78, 5) is 5.38. The average Bonchev–Trinajstić information content (AvgIpc) is 3.57. The number of para-hydroxylation sites is 1. The smallest absolute Gasteiger partial charge is 0.252 e. The maximum absolute atomic E-state index is 2.69. The molecule has 3 heterocycles. The van der Waals surface area contributed by atoms with Gasteiger partial charge in [-0.15, -0.1) is 11.3 Å². The number of rotatable bonds is 2. The molecule has 4 heteroatoms. The second-order valence-corrected chi connectivity index (χ2v) is 24.6. The molecule has 0 radical (unpaired) electrons. The van der Waals surface area contributed by atoms with Crippen LogP contribution in [0, 0.1) is 13.8 Å². The lowest BCUT2D eigenvalue weighted by Gasteiger charge is -2.48. The van der Waals surface area contributed by atoms with E-state index in [1.54, 1.807) is 0 Å². The molecule has 0 unspecified atom stereocenters. The lowest BCUT2D eigenvalue weighted by atomic mass is 9.33. The first-order chi connectivity index (χ1) is 29.0. The van der Waals surface area contributed by atoms with Gasteiger partial charge in [-0.2, -0.15) is 0 Å². The largest absolute Gasteiger partial charge is 0.311 e. The van der Waals surface area contributed by atoms with Gasteiger partial charge in [0.15, 0.2) is 0 Å². The van der Waals surface area contributed by atoms with Crippen molar-refractivity contribution in [1.82, 2.24) is 0 Å². The summed E-state index contributed by atoms with van der Waals surface area (Å²) in [6, 6.07) is 39.0. The maximum atomic E-state index is 2.69. The summed E-state index contributed by atoms with van der Waals surface area (Å²) in [6.45, 7) is 35.8. The third kappa shape index (κ3) is 6.16. The Labute approximate surface area is 376 Å². The molecule has 2 aliphatic heterocycles. The summed E-state index contributed by atoms with van der Waals surface area (Å²) in [5.41, 5.74) is 21.8. The van der Waals surface area contributed by atoms with Crippen LogP contribution in [0.2, 0.25) is 0 Å². The minimum Gasteiger partial charge on any atom is -0.311 e. The molecule has 1 aliphatic carbocycles. The molecule has 0 bridgehead atoms. The van der Waals surface area contributed by atoms with Crippen molar-refractivity contribution in [3.63, 3.8) is 0 Å². The number of anilines is 6. The predicted molar refractivity (Wildman–Crippen MR) is 274 cm³/mol. The Morgan fingerprint density at radius 2 is 1.06 bits per heavy atom. The number of thiophene rings is 1. The van der Waals surface area contributed by atoms with Crippen molar-refractivity contribution in [3.8, 4) is 0 Å². The van der Waals surface area contributed by atoms with E-state index in [-0.39, 0.29) is 33.8 Å². The molecular formula is C58H65BN2S. The van der Waals surface area contributed by atoms with E-state index < -0.39 is 0 Å². The van der Waals surface area contributed by atoms with Crippen LogP contribution in [0.1, 0.15) is 142 Å². The van der Waals surface area contributed by atoms with Crippen LogP contribution in [-0.2, 0) is 27.1 Å². The average molecular weight is 833 g/mol. The highest BCUT2D eigenvalue weighted by molar-refractivity contribution is 7.26. The number of aryl methyl sites for hydroxylation is 2. The molecule has 1 aromatic heterocycles. The molecule has 3 aliphatic rings. The first-order valence-electron chi connectivity index (χ1n) is 23.1. The van der Waals surface area contributed by atoms with Gasteiger partial charge in [0.05, 0.1) is 5.69 Å². The normalized spacial score (nSPS) is 16.7. The second kappa shape index (κ2) is 13.4. The van der Waals surface area contributed by atoms with Crippen molar-refractivity contribution in [2.45, 2.75) is 144 Å². The van der Waals surface area contributed by atoms with Crippen molar-refractivity contribution < 1.29 is 0 Å². The van der Waals surface area contributed by atoms with Crippen molar-refractivity contribution in [2.75, 3.05) is 9.80 Å². The first kappa shape index (κ1) is 41.2. The monoisotopic (exact) mass is 832 g/mol. The van der Waals surface area contributed by atoms with Crippen LogP contribution in [0.4, 0.5) is 34.1 Å². The molecule has 0 saturated heterocycles. The first-order valence-corrected chi connectivity index (χ1v) is 23.9. The van der Waals surface area contributed by atoms with Gasteiger partial charge in [0.2, 0.25) is 0 Å². The molecule has 10 rings (SSSR count). The standard InChI is InChI=1S/C58H65BN2S/c1-34-18-16-17-19-44(34)61-48-31-38(56(9,10)11)30-47-52(48)59(42-22-25-50-51(53(42)61)39-29-37(55(6,7)8)21-24-49(39)62-50)43-32-40-41(58(14,15)27-26-57(40,12)13)33-46(43)60(47)45-23-20-36(28-35(45)2)54(3,4)5/h16-25,28-33H,26-27H2,1-15H3. The Bertz CT molecular complexity index is 3010. The minimum absolute atomic E-state index is 0.0325.